The SMILES string of the molecule is O=C(c1ccco1)N1CCC2(CC1)C[C@H](N1CCCC1)CO2. The molecule has 3 saturated heterocycles. The molecule has 0 aromatic carbocycles. The predicted octanol–water partition coefficient (Wildman–Crippen LogP) is 2.14. The fourth-order valence-electron chi connectivity index (χ4n) is 4.18. The average molecular weight is 304 g/mol. The van der Waals surface area contributed by atoms with E-state index in [4.69, 9.17) is 9.15 Å². The number of furan rings is 1. The van der Waals surface area contributed by atoms with E-state index in [-0.39, 0.29) is 11.5 Å². The molecule has 5 nitrogen and oxygen atoms in total. The van der Waals surface area contributed by atoms with Gasteiger partial charge in [-0.05, 0) is 57.3 Å². The van der Waals surface area contributed by atoms with Gasteiger partial charge in [-0.3, -0.25) is 9.69 Å². The highest BCUT2D eigenvalue weighted by molar-refractivity contribution is 5.91. The molecule has 4 rings (SSSR count). The third kappa shape index (κ3) is 2.57. The lowest BCUT2D eigenvalue weighted by molar-refractivity contribution is -0.0397. The van der Waals surface area contributed by atoms with E-state index in [1.165, 1.54) is 25.9 Å². The van der Waals surface area contributed by atoms with E-state index in [0.717, 1.165) is 39.0 Å². The van der Waals surface area contributed by atoms with Crippen LogP contribution in [-0.2, 0) is 4.74 Å². The zero-order chi connectivity index (χ0) is 15.0. The Balaban J connectivity index is 1.35. The molecule has 0 bridgehead atoms. The van der Waals surface area contributed by atoms with E-state index in [9.17, 15) is 4.79 Å². The Kier molecular flexibility index (Phi) is 3.70. The predicted molar refractivity (Wildman–Crippen MR) is 81.7 cm³/mol. The number of hydrogen-bond acceptors (Lipinski definition) is 4. The van der Waals surface area contributed by atoms with Crippen LogP contribution in [0.4, 0.5) is 0 Å². The van der Waals surface area contributed by atoms with Crippen LogP contribution in [0.2, 0.25) is 0 Å². The first-order valence-electron chi connectivity index (χ1n) is 8.47. The quantitative estimate of drug-likeness (QED) is 0.840. The van der Waals surface area contributed by atoms with E-state index in [0.29, 0.717) is 11.8 Å². The zero-order valence-corrected chi connectivity index (χ0v) is 13.0. The summed E-state index contributed by atoms with van der Waals surface area (Å²) in [6.45, 7) is 4.87. The molecule has 0 radical (unpaired) electrons. The van der Waals surface area contributed by atoms with Crippen LogP contribution >= 0.6 is 0 Å². The molecule has 120 valence electrons. The van der Waals surface area contributed by atoms with Gasteiger partial charge < -0.3 is 14.1 Å². The maximum Gasteiger partial charge on any atom is 0.289 e. The number of ether oxygens (including phenoxy) is 1. The molecule has 1 aromatic heterocycles. The largest absolute Gasteiger partial charge is 0.459 e. The van der Waals surface area contributed by atoms with E-state index in [1.54, 1.807) is 18.4 Å². The van der Waals surface area contributed by atoms with Gasteiger partial charge in [0.05, 0.1) is 18.5 Å². The minimum absolute atomic E-state index is 0.00714. The van der Waals surface area contributed by atoms with Crippen molar-refractivity contribution < 1.29 is 13.9 Å². The molecule has 3 fully saturated rings. The van der Waals surface area contributed by atoms with Gasteiger partial charge in [-0.2, -0.15) is 0 Å². The molecule has 0 saturated carbocycles. The number of piperidine rings is 1. The Morgan fingerprint density at radius 1 is 1.18 bits per heavy atom. The van der Waals surface area contributed by atoms with Gasteiger partial charge in [-0.15, -0.1) is 0 Å². The fourth-order valence-corrected chi connectivity index (χ4v) is 4.18. The molecule has 0 aliphatic carbocycles. The third-order valence-electron chi connectivity index (χ3n) is 5.54. The first-order valence-corrected chi connectivity index (χ1v) is 8.47. The summed E-state index contributed by atoms with van der Waals surface area (Å²) in [5.74, 6) is 0.451. The minimum atomic E-state index is 0.00714. The number of likely N-dealkylation sites (tertiary alicyclic amines) is 2. The van der Waals surface area contributed by atoms with Gasteiger partial charge in [0.15, 0.2) is 5.76 Å². The third-order valence-corrected chi connectivity index (χ3v) is 5.54. The van der Waals surface area contributed by atoms with Crippen LogP contribution < -0.4 is 0 Å². The first kappa shape index (κ1) is 14.3. The van der Waals surface area contributed by atoms with Gasteiger partial charge in [0.1, 0.15) is 0 Å². The molecule has 0 N–H and O–H groups in total. The fraction of sp³-hybridized carbons (Fsp3) is 0.706. The summed E-state index contributed by atoms with van der Waals surface area (Å²) in [5, 5.41) is 0. The van der Waals surface area contributed by atoms with Crippen LogP contribution in [0.25, 0.3) is 0 Å². The Hall–Kier alpha value is -1.33. The van der Waals surface area contributed by atoms with Gasteiger partial charge in [0.25, 0.3) is 5.91 Å². The standard InChI is InChI=1S/C17H24N2O3/c20-16(15-4-3-11-21-15)19-9-5-17(6-10-19)12-14(13-22-17)18-7-1-2-8-18/h3-4,11,14H,1-2,5-10,12-13H2/t14-/m0/s1. The molecule has 4 heterocycles. The summed E-state index contributed by atoms with van der Waals surface area (Å²) >= 11 is 0. The molecule has 5 heteroatoms. The van der Waals surface area contributed by atoms with Crippen molar-refractivity contribution in [3.05, 3.63) is 24.2 Å². The summed E-state index contributed by atoms with van der Waals surface area (Å²) < 4.78 is 11.4. The lowest BCUT2D eigenvalue weighted by Crippen LogP contribution is -2.47. The van der Waals surface area contributed by atoms with Crippen molar-refractivity contribution >= 4 is 5.91 Å². The second kappa shape index (κ2) is 5.70. The molecule has 0 unspecified atom stereocenters. The van der Waals surface area contributed by atoms with Gasteiger partial charge in [0, 0.05) is 19.1 Å². The molecule has 3 aliphatic heterocycles. The van der Waals surface area contributed by atoms with Crippen molar-refractivity contribution in [3.8, 4) is 0 Å². The summed E-state index contributed by atoms with van der Waals surface area (Å²) in [6.07, 6.45) is 7.24. The second-order valence-electron chi connectivity index (χ2n) is 6.86. The topological polar surface area (TPSA) is 45.9 Å². The van der Waals surface area contributed by atoms with Crippen LogP contribution in [0.3, 0.4) is 0 Å². The molecular weight excluding hydrogens is 280 g/mol. The smallest absolute Gasteiger partial charge is 0.289 e. The lowest BCUT2D eigenvalue weighted by Gasteiger charge is -2.38. The molecular formula is C17H24N2O3. The van der Waals surface area contributed by atoms with Crippen molar-refractivity contribution in [3.63, 3.8) is 0 Å². The Labute approximate surface area is 131 Å². The van der Waals surface area contributed by atoms with Crippen LogP contribution in [0.15, 0.2) is 22.8 Å². The number of nitrogens with zero attached hydrogens (tertiary/aromatic N) is 2. The number of rotatable bonds is 2. The van der Waals surface area contributed by atoms with Crippen molar-refractivity contribution in [2.45, 2.75) is 43.7 Å². The van der Waals surface area contributed by atoms with Gasteiger partial charge in [-0.25, -0.2) is 0 Å². The van der Waals surface area contributed by atoms with Crippen molar-refractivity contribution in [2.75, 3.05) is 32.8 Å². The molecule has 3 aliphatic rings. The molecule has 1 spiro atoms. The number of carbonyl (C=O) groups excluding carboxylic acids is 1. The van der Waals surface area contributed by atoms with Gasteiger partial charge >= 0.3 is 0 Å². The van der Waals surface area contributed by atoms with Gasteiger partial charge in [-0.1, -0.05) is 0 Å². The van der Waals surface area contributed by atoms with Crippen LogP contribution in [0, 0.1) is 0 Å². The molecule has 22 heavy (non-hydrogen) atoms. The summed E-state index contributed by atoms with van der Waals surface area (Å²) in [4.78, 5) is 16.8. The highest BCUT2D eigenvalue weighted by atomic mass is 16.5. The summed E-state index contributed by atoms with van der Waals surface area (Å²) in [5.41, 5.74) is 0.00714. The van der Waals surface area contributed by atoms with E-state index < -0.39 is 0 Å². The molecule has 1 aromatic rings. The second-order valence-corrected chi connectivity index (χ2v) is 6.86. The summed E-state index contributed by atoms with van der Waals surface area (Å²) in [6, 6.07) is 4.09. The highest BCUT2D eigenvalue weighted by Gasteiger charge is 2.45. The van der Waals surface area contributed by atoms with Crippen molar-refractivity contribution in [1.82, 2.24) is 9.80 Å². The van der Waals surface area contributed by atoms with Crippen molar-refractivity contribution in [2.24, 2.45) is 0 Å². The zero-order valence-electron chi connectivity index (χ0n) is 13.0. The molecule has 1 atom stereocenters. The van der Waals surface area contributed by atoms with E-state index in [1.807, 2.05) is 4.90 Å². The Bertz CT molecular complexity index is 514. The van der Waals surface area contributed by atoms with Crippen LogP contribution in [-0.4, -0.2) is 60.1 Å². The van der Waals surface area contributed by atoms with Gasteiger partial charge in [0.2, 0.25) is 0 Å². The highest BCUT2D eigenvalue weighted by Crippen LogP contribution is 2.38. The monoisotopic (exact) mass is 304 g/mol. The number of carbonyl (C=O) groups is 1. The maximum atomic E-state index is 12.3. The van der Waals surface area contributed by atoms with E-state index in [2.05, 4.69) is 4.90 Å². The number of hydrogen-bond donors (Lipinski definition) is 0. The first-order chi connectivity index (χ1) is 10.8. The maximum absolute atomic E-state index is 12.3. The molecule has 1 amide bonds. The normalized spacial score (nSPS) is 28.5. The average Bonchev–Trinajstić information content (AvgIpc) is 3.29. The van der Waals surface area contributed by atoms with Crippen LogP contribution in [0.5, 0.6) is 0 Å². The number of amides is 1. The van der Waals surface area contributed by atoms with Crippen LogP contribution in [0.1, 0.15) is 42.7 Å². The Morgan fingerprint density at radius 3 is 2.64 bits per heavy atom. The summed E-state index contributed by atoms with van der Waals surface area (Å²) in [7, 11) is 0. The van der Waals surface area contributed by atoms with E-state index >= 15 is 0 Å². The minimum Gasteiger partial charge on any atom is -0.459 e. The van der Waals surface area contributed by atoms with Crippen molar-refractivity contribution in [1.29, 1.82) is 0 Å². The lowest BCUT2D eigenvalue weighted by atomic mass is 9.87. The Morgan fingerprint density at radius 2 is 1.95 bits per heavy atom.